The van der Waals surface area contributed by atoms with Crippen molar-refractivity contribution in [3.05, 3.63) is 0 Å². The third-order valence-electron chi connectivity index (χ3n) is 2.72. The molecule has 0 unspecified atom stereocenters. The van der Waals surface area contributed by atoms with Crippen molar-refractivity contribution in [1.29, 1.82) is 0 Å². The highest BCUT2D eigenvalue weighted by Crippen LogP contribution is 2.20. The maximum atomic E-state index is 5.56. The van der Waals surface area contributed by atoms with Gasteiger partial charge in [-0.15, -0.1) is 0 Å². The zero-order valence-electron chi connectivity index (χ0n) is 14.1. The summed E-state index contributed by atoms with van der Waals surface area (Å²) in [6.45, 7) is 15.1. The van der Waals surface area contributed by atoms with Crippen molar-refractivity contribution in [1.82, 2.24) is 10.6 Å². The average Bonchev–Trinajstić information content (AvgIpc) is 2.39. The van der Waals surface area contributed by atoms with Crippen molar-refractivity contribution < 1.29 is 4.74 Å². The molecule has 120 valence electrons. The van der Waals surface area contributed by atoms with E-state index in [4.69, 9.17) is 4.74 Å². The lowest BCUT2D eigenvalue weighted by atomic mass is 10.2. The van der Waals surface area contributed by atoms with Crippen LogP contribution in [0.2, 0.25) is 0 Å². The SMILES string of the molecule is CCNC(=NCC(C)(C)SC)NCCCOCC(C)C. The number of thioether (sulfide) groups is 1. The van der Waals surface area contributed by atoms with Crippen LogP contribution in [0.3, 0.4) is 0 Å². The number of hydrogen-bond acceptors (Lipinski definition) is 3. The topological polar surface area (TPSA) is 45.7 Å². The molecule has 0 aliphatic carbocycles. The smallest absolute Gasteiger partial charge is 0.191 e. The number of guanidine groups is 1. The lowest BCUT2D eigenvalue weighted by Crippen LogP contribution is -2.39. The van der Waals surface area contributed by atoms with Gasteiger partial charge in [0.15, 0.2) is 5.96 Å². The number of nitrogens with zero attached hydrogens (tertiary/aromatic N) is 1. The van der Waals surface area contributed by atoms with E-state index >= 15 is 0 Å². The molecular formula is C15H33N3OS. The van der Waals surface area contributed by atoms with E-state index in [0.717, 1.165) is 45.2 Å². The summed E-state index contributed by atoms with van der Waals surface area (Å²) in [5.41, 5.74) is 0. The van der Waals surface area contributed by atoms with Crippen LogP contribution in [-0.2, 0) is 4.74 Å². The molecule has 4 nitrogen and oxygen atoms in total. The highest BCUT2D eigenvalue weighted by atomic mass is 32.2. The fraction of sp³-hybridized carbons (Fsp3) is 0.933. The Morgan fingerprint density at radius 1 is 1.30 bits per heavy atom. The van der Waals surface area contributed by atoms with Gasteiger partial charge in [0.2, 0.25) is 0 Å². The van der Waals surface area contributed by atoms with Crippen LogP contribution in [0.15, 0.2) is 4.99 Å². The quantitative estimate of drug-likeness (QED) is 0.370. The van der Waals surface area contributed by atoms with E-state index in [2.05, 4.69) is 56.5 Å². The predicted molar refractivity (Wildman–Crippen MR) is 91.8 cm³/mol. The molecule has 0 spiro atoms. The molecular weight excluding hydrogens is 270 g/mol. The van der Waals surface area contributed by atoms with Gasteiger partial charge in [0.25, 0.3) is 0 Å². The van der Waals surface area contributed by atoms with Gasteiger partial charge in [0.05, 0.1) is 6.54 Å². The Balaban J connectivity index is 3.93. The molecule has 0 saturated heterocycles. The molecule has 5 heteroatoms. The van der Waals surface area contributed by atoms with Gasteiger partial charge in [-0.3, -0.25) is 4.99 Å². The Bertz CT molecular complexity index is 268. The van der Waals surface area contributed by atoms with E-state index in [1.807, 2.05) is 11.8 Å². The van der Waals surface area contributed by atoms with E-state index in [0.29, 0.717) is 5.92 Å². The van der Waals surface area contributed by atoms with Gasteiger partial charge in [-0.2, -0.15) is 11.8 Å². The molecule has 0 aromatic rings. The minimum atomic E-state index is 0.183. The first kappa shape index (κ1) is 19.6. The van der Waals surface area contributed by atoms with Gasteiger partial charge in [-0.05, 0) is 39.4 Å². The number of rotatable bonds is 10. The number of aliphatic imine (C=N–C) groups is 1. The highest BCUT2D eigenvalue weighted by molar-refractivity contribution is 7.99. The molecule has 0 heterocycles. The zero-order valence-corrected chi connectivity index (χ0v) is 14.9. The summed E-state index contributed by atoms with van der Waals surface area (Å²) in [5, 5.41) is 6.63. The van der Waals surface area contributed by atoms with Crippen molar-refractivity contribution in [3.8, 4) is 0 Å². The van der Waals surface area contributed by atoms with Crippen LogP contribution < -0.4 is 10.6 Å². The first-order valence-corrected chi connectivity index (χ1v) is 8.79. The number of hydrogen-bond donors (Lipinski definition) is 2. The highest BCUT2D eigenvalue weighted by Gasteiger charge is 2.15. The van der Waals surface area contributed by atoms with Gasteiger partial charge in [-0.25, -0.2) is 0 Å². The summed E-state index contributed by atoms with van der Waals surface area (Å²) >= 11 is 1.84. The van der Waals surface area contributed by atoms with Crippen LogP contribution in [-0.4, -0.2) is 49.8 Å². The lowest BCUT2D eigenvalue weighted by molar-refractivity contribution is 0.108. The maximum Gasteiger partial charge on any atom is 0.191 e. The van der Waals surface area contributed by atoms with Gasteiger partial charge >= 0.3 is 0 Å². The second kappa shape index (κ2) is 11.3. The molecule has 0 saturated carbocycles. The largest absolute Gasteiger partial charge is 0.381 e. The summed E-state index contributed by atoms with van der Waals surface area (Å²) in [7, 11) is 0. The van der Waals surface area contributed by atoms with E-state index in [9.17, 15) is 0 Å². The molecule has 0 bridgehead atoms. The van der Waals surface area contributed by atoms with Crippen molar-refractivity contribution in [2.24, 2.45) is 10.9 Å². The van der Waals surface area contributed by atoms with Crippen LogP contribution in [0, 0.1) is 5.92 Å². The van der Waals surface area contributed by atoms with Gasteiger partial charge in [0, 0.05) is 31.1 Å². The summed E-state index contributed by atoms with van der Waals surface area (Å²) in [5.74, 6) is 1.51. The fourth-order valence-electron chi connectivity index (χ4n) is 1.38. The first-order valence-electron chi connectivity index (χ1n) is 7.56. The minimum Gasteiger partial charge on any atom is -0.381 e. The molecule has 0 atom stereocenters. The normalized spacial score (nSPS) is 12.8. The van der Waals surface area contributed by atoms with Crippen LogP contribution in [0.1, 0.15) is 41.0 Å². The van der Waals surface area contributed by atoms with E-state index in [1.54, 1.807) is 0 Å². The molecule has 0 aromatic carbocycles. The lowest BCUT2D eigenvalue weighted by Gasteiger charge is -2.20. The van der Waals surface area contributed by atoms with Crippen LogP contribution >= 0.6 is 11.8 Å². The second-order valence-electron chi connectivity index (χ2n) is 5.91. The molecule has 20 heavy (non-hydrogen) atoms. The van der Waals surface area contributed by atoms with Crippen molar-refractivity contribution >= 4 is 17.7 Å². The number of ether oxygens (including phenoxy) is 1. The Morgan fingerprint density at radius 2 is 2.00 bits per heavy atom. The molecule has 0 amide bonds. The van der Waals surface area contributed by atoms with Crippen LogP contribution in [0.5, 0.6) is 0 Å². The van der Waals surface area contributed by atoms with E-state index in [-0.39, 0.29) is 4.75 Å². The average molecular weight is 304 g/mol. The minimum absolute atomic E-state index is 0.183. The monoisotopic (exact) mass is 303 g/mol. The first-order chi connectivity index (χ1) is 9.41. The maximum absolute atomic E-state index is 5.56. The second-order valence-corrected chi connectivity index (χ2v) is 7.42. The molecule has 0 aromatic heterocycles. The van der Waals surface area contributed by atoms with Gasteiger partial charge in [-0.1, -0.05) is 13.8 Å². The summed E-state index contributed by atoms with van der Waals surface area (Å²) in [6.07, 6.45) is 3.13. The summed E-state index contributed by atoms with van der Waals surface area (Å²) in [4.78, 5) is 4.63. The number of nitrogens with one attached hydrogen (secondary N) is 2. The summed E-state index contributed by atoms with van der Waals surface area (Å²) in [6, 6.07) is 0. The standard InChI is InChI=1S/C15H33N3OS/c1-7-16-14(18-12-15(4,5)20-6)17-9-8-10-19-11-13(2)3/h13H,7-12H2,1-6H3,(H2,16,17,18). The van der Waals surface area contributed by atoms with Gasteiger partial charge in [0.1, 0.15) is 0 Å². The van der Waals surface area contributed by atoms with Crippen molar-refractivity contribution in [3.63, 3.8) is 0 Å². The van der Waals surface area contributed by atoms with Crippen molar-refractivity contribution in [2.75, 3.05) is 39.1 Å². The third-order valence-corrected chi connectivity index (χ3v) is 3.96. The van der Waals surface area contributed by atoms with Gasteiger partial charge < -0.3 is 15.4 Å². The molecule has 0 fully saturated rings. The molecule has 0 rings (SSSR count). The Labute approximate surface area is 129 Å². The van der Waals surface area contributed by atoms with E-state index in [1.165, 1.54) is 0 Å². The zero-order chi connectivity index (χ0) is 15.4. The predicted octanol–water partition coefficient (Wildman–Crippen LogP) is 2.75. The fourth-order valence-corrected chi connectivity index (χ4v) is 1.57. The summed E-state index contributed by atoms with van der Waals surface area (Å²) < 4.78 is 5.75. The molecule has 0 aliphatic heterocycles. The third kappa shape index (κ3) is 11.4. The molecule has 0 aliphatic rings. The van der Waals surface area contributed by atoms with Crippen molar-refractivity contribution in [2.45, 2.75) is 45.8 Å². The Kier molecular flexibility index (Phi) is 11.0. The van der Waals surface area contributed by atoms with E-state index < -0.39 is 0 Å². The Hall–Kier alpha value is -0.420. The molecule has 0 radical (unpaired) electrons. The Morgan fingerprint density at radius 3 is 2.55 bits per heavy atom. The molecule has 2 N–H and O–H groups in total. The van der Waals surface area contributed by atoms with Crippen LogP contribution in [0.25, 0.3) is 0 Å². The van der Waals surface area contributed by atoms with Crippen LogP contribution in [0.4, 0.5) is 0 Å².